The maximum atomic E-state index is 13.8. The van der Waals surface area contributed by atoms with E-state index in [0.717, 1.165) is 45.1 Å². The molecule has 0 atom stereocenters. The van der Waals surface area contributed by atoms with E-state index in [0.29, 0.717) is 16.7 Å². The summed E-state index contributed by atoms with van der Waals surface area (Å²) in [6.45, 7) is 10.2. The van der Waals surface area contributed by atoms with E-state index in [4.69, 9.17) is 14.8 Å². The maximum absolute atomic E-state index is 13.8. The summed E-state index contributed by atoms with van der Waals surface area (Å²) in [5, 5.41) is 14.9. The van der Waals surface area contributed by atoms with Gasteiger partial charge in [0.1, 0.15) is 11.5 Å². The van der Waals surface area contributed by atoms with Crippen LogP contribution in [0.5, 0.6) is 11.5 Å². The van der Waals surface area contributed by atoms with Crippen molar-refractivity contribution in [2.24, 2.45) is 5.10 Å². The summed E-state index contributed by atoms with van der Waals surface area (Å²) in [6.07, 6.45) is 1.71. The number of nitrogens with zero attached hydrogens (tertiary/aromatic N) is 4. The Balaban J connectivity index is 1.70. The minimum absolute atomic E-state index is 0.216. The second kappa shape index (κ2) is 10.3. The number of hydrogen-bond acceptors (Lipinski definition) is 5. The predicted molar refractivity (Wildman–Crippen MR) is 157 cm³/mol. The Morgan fingerprint density at radius 2 is 1.72 bits per heavy atom. The van der Waals surface area contributed by atoms with E-state index < -0.39 is 0 Å². The molecular formula is C32H32N4O3. The van der Waals surface area contributed by atoms with Crippen LogP contribution < -0.4 is 10.3 Å². The third kappa shape index (κ3) is 4.72. The Morgan fingerprint density at radius 1 is 1.00 bits per heavy atom. The average molecular weight is 521 g/mol. The number of hydrogen-bond donors (Lipinski definition) is 1. The van der Waals surface area contributed by atoms with Gasteiger partial charge < -0.3 is 14.4 Å². The van der Waals surface area contributed by atoms with Crippen molar-refractivity contribution >= 4 is 17.1 Å². The molecule has 0 amide bonds. The fourth-order valence-electron chi connectivity index (χ4n) is 5.01. The van der Waals surface area contributed by atoms with Crippen LogP contribution in [0.1, 0.15) is 47.8 Å². The first-order valence-electron chi connectivity index (χ1n) is 12.9. The van der Waals surface area contributed by atoms with Crippen molar-refractivity contribution in [1.82, 2.24) is 14.2 Å². The first-order chi connectivity index (χ1) is 18.7. The van der Waals surface area contributed by atoms with Crippen molar-refractivity contribution in [3.8, 4) is 28.6 Å². The number of fused-ring (bicyclic) bond motifs is 1. The van der Waals surface area contributed by atoms with Gasteiger partial charge in [0.15, 0.2) is 5.82 Å². The maximum Gasteiger partial charge on any atom is 0.282 e. The molecule has 0 unspecified atom stereocenters. The number of aromatic hydroxyl groups is 1. The third-order valence-electron chi connectivity index (χ3n) is 7.08. The van der Waals surface area contributed by atoms with Crippen molar-refractivity contribution in [2.75, 3.05) is 7.11 Å². The molecule has 0 saturated carbocycles. The second-order valence-corrected chi connectivity index (χ2v) is 10.1. The summed E-state index contributed by atoms with van der Waals surface area (Å²) in [4.78, 5) is 18.7. The van der Waals surface area contributed by atoms with Gasteiger partial charge in [0.25, 0.3) is 5.56 Å². The molecule has 198 valence electrons. The average Bonchev–Trinajstić information content (AvgIpc) is 3.20. The number of methoxy groups -OCH3 is 1. The topological polar surface area (TPSA) is 81.6 Å². The van der Waals surface area contributed by atoms with Gasteiger partial charge in [0.2, 0.25) is 0 Å². The second-order valence-electron chi connectivity index (χ2n) is 10.1. The monoisotopic (exact) mass is 520 g/mol. The molecule has 3 aromatic carbocycles. The Labute approximate surface area is 227 Å². The first-order valence-corrected chi connectivity index (χ1v) is 12.9. The number of rotatable bonds is 6. The van der Waals surface area contributed by atoms with Gasteiger partial charge in [-0.2, -0.15) is 9.78 Å². The van der Waals surface area contributed by atoms with E-state index >= 15 is 0 Å². The molecule has 0 bridgehead atoms. The molecule has 5 rings (SSSR count). The summed E-state index contributed by atoms with van der Waals surface area (Å²) in [7, 11) is 1.67. The smallest absolute Gasteiger partial charge is 0.282 e. The van der Waals surface area contributed by atoms with Crippen LogP contribution in [0.25, 0.3) is 28.0 Å². The number of benzene rings is 3. The molecule has 7 heteroatoms. The molecule has 0 saturated heterocycles. The van der Waals surface area contributed by atoms with Crippen LogP contribution in [0.4, 0.5) is 0 Å². The largest absolute Gasteiger partial charge is 0.508 e. The Bertz CT molecular complexity index is 1780. The molecule has 1 N–H and O–H groups in total. The summed E-state index contributed by atoms with van der Waals surface area (Å²) in [5.74, 6) is 1.72. The molecule has 2 aromatic heterocycles. The van der Waals surface area contributed by atoms with Crippen LogP contribution in [-0.4, -0.2) is 32.7 Å². The van der Waals surface area contributed by atoms with Gasteiger partial charge >= 0.3 is 0 Å². The first kappa shape index (κ1) is 26.0. The number of ether oxygens (including phenoxy) is 1. The van der Waals surface area contributed by atoms with Gasteiger partial charge in [-0.25, -0.2) is 4.98 Å². The Kier molecular flexibility index (Phi) is 6.83. The summed E-state index contributed by atoms with van der Waals surface area (Å²) >= 11 is 0. The lowest BCUT2D eigenvalue weighted by molar-refractivity contribution is 0.407. The number of aromatic nitrogens is 3. The highest BCUT2D eigenvalue weighted by atomic mass is 16.5. The molecule has 0 fully saturated rings. The minimum Gasteiger partial charge on any atom is -0.508 e. The van der Waals surface area contributed by atoms with Crippen LogP contribution in [0.3, 0.4) is 0 Å². The molecule has 5 aromatic rings. The van der Waals surface area contributed by atoms with Crippen molar-refractivity contribution in [3.63, 3.8) is 0 Å². The number of aryl methyl sites for hydroxylation is 2. The Morgan fingerprint density at radius 3 is 2.41 bits per heavy atom. The molecule has 0 radical (unpaired) electrons. The molecule has 2 heterocycles. The quantitative estimate of drug-likeness (QED) is 0.259. The van der Waals surface area contributed by atoms with Crippen LogP contribution in [0.15, 0.2) is 76.6 Å². The van der Waals surface area contributed by atoms with Crippen molar-refractivity contribution in [3.05, 3.63) is 105 Å². The molecule has 0 aliphatic heterocycles. The van der Waals surface area contributed by atoms with Crippen molar-refractivity contribution < 1.29 is 9.84 Å². The van der Waals surface area contributed by atoms with E-state index in [1.165, 1.54) is 4.68 Å². The molecule has 7 nitrogen and oxygen atoms in total. The van der Waals surface area contributed by atoms with Crippen molar-refractivity contribution in [1.29, 1.82) is 0 Å². The number of phenols is 1. The minimum atomic E-state index is -0.236. The highest BCUT2D eigenvalue weighted by Gasteiger charge is 2.18. The lowest BCUT2D eigenvalue weighted by Crippen LogP contribution is -2.21. The van der Waals surface area contributed by atoms with Crippen LogP contribution in [-0.2, 0) is 0 Å². The van der Waals surface area contributed by atoms with Gasteiger partial charge in [0.05, 0.1) is 24.2 Å². The highest BCUT2D eigenvalue weighted by molar-refractivity contribution is 5.84. The van der Waals surface area contributed by atoms with Gasteiger partial charge in [-0.05, 0) is 92.4 Å². The van der Waals surface area contributed by atoms with Gasteiger partial charge in [0, 0.05) is 28.2 Å². The van der Waals surface area contributed by atoms with E-state index in [-0.39, 0.29) is 17.2 Å². The fraction of sp³-hybridized carbons (Fsp3) is 0.219. The zero-order valence-corrected chi connectivity index (χ0v) is 23.1. The molecule has 0 spiro atoms. The molecule has 39 heavy (non-hydrogen) atoms. The standard InChI is InChI=1S/C32H32N4O3/c1-19(2)27-17-28(20(3)15-30(27)39-6)31-34-29-10-8-7-9-26(29)32(38)36(31)33-18-23-16-21(4)35(22(23)5)24-11-13-25(37)14-12-24/h7-19,37H,1-6H3. The van der Waals surface area contributed by atoms with Gasteiger partial charge in [-0.3, -0.25) is 4.79 Å². The van der Waals surface area contributed by atoms with E-state index in [1.54, 1.807) is 31.5 Å². The number of para-hydroxylation sites is 1. The molecular weight excluding hydrogens is 488 g/mol. The predicted octanol–water partition coefficient (Wildman–Crippen LogP) is 6.50. The van der Waals surface area contributed by atoms with E-state index in [9.17, 15) is 9.90 Å². The summed E-state index contributed by atoms with van der Waals surface area (Å²) < 4.78 is 9.13. The summed E-state index contributed by atoms with van der Waals surface area (Å²) in [5.41, 5.74) is 6.97. The zero-order valence-electron chi connectivity index (χ0n) is 23.1. The fourth-order valence-corrected chi connectivity index (χ4v) is 5.01. The van der Waals surface area contributed by atoms with E-state index in [2.05, 4.69) is 24.5 Å². The van der Waals surface area contributed by atoms with Gasteiger partial charge in [-0.15, -0.1) is 0 Å². The third-order valence-corrected chi connectivity index (χ3v) is 7.08. The molecule has 0 aliphatic carbocycles. The summed E-state index contributed by atoms with van der Waals surface area (Å²) in [6, 6.07) is 20.5. The van der Waals surface area contributed by atoms with Gasteiger partial charge in [-0.1, -0.05) is 26.0 Å². The van der Waals surface area contributed by atoms with Crippen molar-refractivity contribution in [2.45, 2.75) is 40.5 Å². The van der Waals surface area contributed by atoms with Crippen LogP contribution in [0, 0.1) is 20.8 Å². The number of phenolic OH excluding ortho intramolecular Hbond substituents is 1. The SMILES string of the molecule is COc1cc(C)c(-c2nc3ccccc3c(=O)n2N=Cc2cc(C)n(-c3ccc(O)cc3)c2C)cc1C(C)C. The highest BCUT2D eigenvalue weighted by Crippen LogP contribution is 2.34. The normalized spacial score (nSPS) is 11.7. The van der Waals surface area contributed by atoms with Crippen LogP contribution >= 0.6 is 0 Å². The van der Waals surface area contributed by atoms with Crippen LogP contribution in [0.2, 0.25) is 0 Å². The lowest BCUT2D eigenvalue weighted by Gasteiger charge is -2.17. The zero-order chi connectivity index (χ0) is 27.8. The lowest BCUT2D eigenvalue weighted by atomic mass is 9.96. The van der Waals surface area contributed by atoms with E-state index in [1.807, 2.05) is 63.2 Å². The Hall–Kier alpha value is -4.65. The molecule has 0 aliphatic rings.